The average molecular weight is 332 g/mol. The van der Waals surface area contributed by atoms with E-state index in [4.69, 9.17) is 4.74 Å². The minimum Gasteiger partial charge on any atom is -0.444 e. The van der Waals surface area contributed by atoms with Crippen LogP contribution in [0.5, 0.6) is 0 Å². The van der Waals surface area contributed by atoms with E-state index in [2.05, 4.69) is 36.5 Å². The third-order valence-electron chi connectivity index (χ3n) is 4.34. The van der Waals surface area contributed by atoms with E-state index in [0.717, 1.165) is 32.4 Å². The number of rotatable bonds is 5. The normalized spacial score (nSPS) is 19.8. The van der Waals surface area contributed by atoms with Crippen LogP contribution in [0, 0.1) is 0 Å². The lowest BCUT2D eigenvalue weighted by atomic mass is 10.0. The Morgan fingerprint density at radius 1 is 1.29 bits per heavy atom. The zero-order valence-corrected chi connectivity index (χ0v) is 15.5. The van der Waals surface area contributed by atoms with Gasteiger partial charge in [-0.2, -0.15) is 0 Å². The first-order valence-corrected chi connectivity index (χ1v) is 9.12. The fourth-order valence-electron chi connectivity index (χ4n) is 3.15. The first kappa shape index (κ1) is 18.8. The van der Waals surface area contributed by atoms with Gasteiger partial charge in [0, 0.05) is 25.2 Å². The van der Waals surface area contributed by atoms with E-state index >= 15 is 0 Å². The first-order valence-electron chi connectivity index (χ1n) is 9.12. The van der Waals surface area contributed by atoms with Crippen LogP contribution in [0.25, 0.3) is 0 Å². The van der Waals surface area contributed by atoms with Crippen LogP contribution < -0.4 is 5.32 Å². The van der Waals surface area contributed by atoms with Crippen molar-refractivity contribution in [2.75, 3.05) is 13.1 Å². The summed E-state index contributed by atoms with van der Waals surface area (Å²) in [4.78, 5) is 14.3. The molecule has 2 rings (SSSR count). The van der Waals surface area contributed by atoms with Gasteiger partial charge in [0.05, 0.1) is 0 Å². The fraction of sp³-hybridized carbons (Fsp3) is 0.650. The number of piperidine rings is 1. The molecule has 0 bridgehead atoms. The minimum atomic E-state index is -0.437. The molecule has 1 aliphatic heterocycles. The molecule has 1 fully saturated rings. The van der Waals surface area contributed by atoms with Crippen LogP contribution in [-0.4, -0.2) is 41.8 Å². The van der Waals surface area contributed by atoms with Gasteiger partial charge < -0.3 is 15.0 Å². The lowest BCUT2D eigenvalue weighted by Crippen LogP contribution is -2.51. The summed E-state index contributed by atoms with van der Waals surface area (Å²) in [7, 11) is 0. The number of nitrogens with zero attached hydrogens (tertiary/aromatic N) is 1. The molecule has 1 saturated heterocycles. The molecule has 24 heavy (non-hydrogen) atoms. The molecule has 1 aromatic rings. The molecule has 1 aliphatic rings. The molecule has 2 atom stereocenters. The van der Waals surface area contributed by atoms with Gasteiger partial charge in [0.2, 0.25) is 0 Å². The zero-order valence-electron chi connectivity index (χ0n) is 15.5. The SMILES string of the molecule is CC(Cc1ccccc1)NCC1CCCCN1C(=O)OC(C)(C)C. The van der Waals surface area contributed by atoms with Crippen molar-refractivity contribution in [1.29, 1.82) is 0 Å². The Kier molecular flexibility index (Phi) is 6.67. The van der Waals surface area contributed by atoms with E-state index in [1.165, 1.54) is 12.0 Å². The second-order valence-corrected chi connectivity index (χ2v) is 7.82. The van der Waals surface area contributed by atoms with Crippen molar-refractivity contribution in [2.24, 2.45) is 0 Å². The van der Waals surface area contributed by atoms with Crippen LogP contribution in [0.3, 0.4) is 0 Å². The van der Waals surface area contributed by atoms with Crippen LogP contribution in [0.2, 0.25) is 0 Å². The topological polar surface area (TPSA) is 41.6 Å². The summed E-state index contributed by atoms with van der Waals surface area (Å²) in [6.07, 6.45) is 4.11. The molecule has 1 N–H and O–H groups in total. The van der Waals surface area contributed by atoms with Crippen molar-refractivity contribution < 1.29 is 9.53 Å². The molecule has 4 heteroatoms. The lowest BCUT2D eigenvalue weighted by Gasteiger charge is -2.37. The molecule has 4 nitrogen and oxygen atoms in total. The smallest absolute Gasteiger partial charge is 0.410 e. The summed E-state index contributed by atoms with van der Waals surface area (Å²) in [5.41, 5.74) is 0.901. The predicted octanol–water partition coefficient (Wildman–Crippen LogP) is 4.00. The Bertz CT molecular complexity index is 510. The molecule has 1 aromatic carbocycles. The molecule has 1 heterocycles. The van der Waals surface area contributed by atoms with Gasteiger partial charge in [0.1, 0.15) is 5.60 Å². The van der Waals surface area contributed by atoms with Crippen LogP contribution >= 0.6 is 0 Å². The highest BCUT2D eigenvalue weighted by atomic mass is 16.6. The van der Waals surface area contributed by atoms with E-state index in [0.29, 0.717) is 6.04 Å². The van der Waals surface area contributed by atoms with Crippen molar-refractivity contribution in [3.05, 3.63) is 35.9 Å². The van der Waals surface area contributed by atoms with Gasteiger partial charge in [0.25, 0.3) is 0 Å². The van der Waals surface area contributed by atoms with Crippen LogP contribution in [0.15, 0.2) is 30.3 Å². The molecule has 2 unspecified atom stereocenters. The lowest BCUT2D eigenvalue weighted by molar-refractivity contribution is 0.00970. The van der Waals surface area contributed by atoms with Gasteiger partial charge in [-0.1, -0.05) is 30.3 Å². The summed E-state index contributed by atoms with van der Waals surface area (Å²) in [5.74, 6) is 0. The van der Waals surface area contributed by atoms with Crippen LogP contribution in [0.4, 0.5) is 4.79 Å². The average Bonchev–Trinajstić information content (AvgIpc) is 2.52. The van der Waals surface area contributed by atoms with E-state index in [9.17, 15) is 4.79 Å². The van der Waals surface area contributed by atoms with E-state index in [-0.39, 0.29) is 12.1 Å². The quantitative estimate of drug-likeness (QED) is 0.886. The molecule has 134 valence electrons. The van der Waals surface area contributed by atoms with Crippen molar-refractivity contribution in [3.63, 3.8) is 0 Å². The highest BCUT2D eigenvalue weighted by molar-refractivity contribution is 5.68. The monoisotopic (exact) mass is 332 g/mol. The van der Waals surface area contributed by atoms with Gasteiger partial charge in [-0.3, -0.25) is 0 Å². The molecule has 1 amide bonds. The molecular weight excluding hydrogens is 300 g/mol. The number of carbonyl (C=O) groups is 1. The Balaban J connectivity index is 1.85. The Morgan fingerprint density at radius 2 is 2.00 bits per heavy atom. The first-order chi connectivity index (χ1) is 11.3. The molecule has 0 saturated carbocycles. The number of hydrogen-bond acceptors (Lipinski definition) is 3. The van der Waals surface area contributed by atoms with Gasteiger partial charge in [-0.05, 0) is 58.9 Å². The second-order valence-electron chi connectivity index (χ2n) is 7.82. The molecule has 0 aromatic heterocycles. The maximum Gasteiger partial charge on any atom is 0.410 e. The summed E-state index contributed by atoms with van der Waals surface area (Å²) in [6, 6.07) is 11.1. The summed E-state index contributed by atoms with van der Waals surface area (Å²) < 4.78 is 5.57. The standard InChI is InChI=1S/C20H32N2O2/c1-16(14-17-10-6-5-7-11-17)21-15-18-12-8-9-13-22(18)19(23)24-20(2,3)4/h5-7,10-11,16,18,21H,8-9,12-15H2,1-4H3. The van der Waals surface area contributed by atoms with Gasteiger partial charge >= 0.3 is 6.09 Å². The van der Waals surface area contributed by atoms with E-state index in [1.54, 1.807) is 0 Å². The number of carbonyl (C=O) groups excluding carboxylic acids is 1. The third-order valence-corrected chi connectivity index (χ3v) is 4.34. The number of nitrogens with one attached hydrogen (secondary N) is 1. The Morgan fingerprint density at radius 3 is 2.67 bits per heavy atom. The predicted molar refractivity (Wildman–Crippen MR) is 98.2 cm³/mol. The van der Waals surface area contributed by atoms with E-state index in [1.807, 2.05) is 31.7 Å². The second kappa shape index (κ2) is 8.52. The van der Waals surface area contributed by atoms with E-state index < -0.39 is 5.60 Å². The minimum absolute atomic E-state index is 0.176. The van der Waals surface area contributed by atoms with Crippen LogP contribution in [0.1, 0.15) is 52.5 Å². The number of ether oxygens (including phenoxy) is 1. The van der Waals surface area contributed by atoms with Crippen molar-refractivity contribution in [2.45, 2.75) is 71.1 Å². The maximum absolute atomic E-state index is 12.4. The van der Waals surface area contributed by atoms with Gasteiger partial charge in [0.15, 0.2) is 0 Å². The summed E-state index contributed by atoms with van der Waals surface area (Å²) in [6.45, 7) is 9.59. The Hall–Kier alpha value is -1.55. The molecule has 0 aliphatic carbocycles. The number of hydrogen-bond donors (Lipinski definition) is 1. The van der Waals surface area contributed by atoms with Crippen molar-refractivity contribution >= 4 is 6.09 Å². The Labute approximate surface area is 146 Å². The van der Waals surface area contributed by atoms with Crippen molar-refractivity contribution in [3.8, 4) is 0 Å². The summed E-state index contributed by atoms with van der Waals surface area (Å²) >= 11 is 0. The van der Waals surface area contributed by atoms with Gasteiger partial charge in [-0.15, -0.1) is 0 Å². The number of likely N-dealkylation sites (tertiary alicyclic amines) is 1. The third kappa shape index (κ3) is 6.16. The zero-order chi connectivity index (χ0) is 17.6. The van der Waals surface area contributed by atoms with Gasteiger partial charge in [-0.25, -0.2) is 4.79 Å². The summed E-state index contributed by atoms with van der Waals surface area (Å²) in [5, 5.41) is 3.60. The number of amides is 1. The van der Waals surface area contributed by atoms with Crippen molar-refractivity contribution in [1.82, 2.24) is 10.2 Å². The fourth-order valence-corrected chi connectivity index (χ4v) is 3.15. The number of benzene rings is 1. The maximum atomic E-state index is 12.4. The largest absolute Gasteiger partial charge is 0.444 e. The molecule has 0 radical (unpaired) electrons. The molecule has 0 spiro atoms. The molecular formula is C20H32N2O2. The highest BCUT2D eigenvalue weighted by Crippen LogP contribution is 2.20. The highest BCUT2D eigenvalue weighted by Gasteiger charge is 2.30. The van der Waals surface area contributed by atoms with Crippen LogP contribution in [-0.2, 0) is 11.2 Å².